The molecule has 0 spiro atoms. The predicted molar refractivity (Wildman–Crippen MR) is 124 cm³/mol. The molecule has 10 heteroatoms. The maximum absolute atomic E-state index is 12.9. The second kappa shape index (κ2) is 8.60. The number of amides is 2. The third-order valence-corrected chi connectivity index (χ3v) is 5.52. The highest BCUT2D eigenvalue weighted by Crippen LogP contribution is 2.38. The van der Waals surface area contributed by atoms with Crippen LogP contribution in [0.15, 0.2) is 54.6 Å². The molecule has 0 saturated heterocycles. The number of primary amides is 1. The van der Waals surface area contributed by atoms with Gasteiger partial charge in [0.25, 0.3) is 5.91 Å². The zero-order valence-corrected chi connectivity index (χ0v) is 17.6. The number of nitrogens with zero attached hydrogens (tertiary/aromatic N) is 1. The Labute approximate surface area is 188 Å². The minimum absolute atomic E-state index is 0.0534. The summed E-state index contributed by atoms with van der Waals surface area (Å²) in [4.78, 5) is 35.2. The molecule has 2 amide bonds. The number of fused-ring (bicyclic) bond motifs is 2. The van der Waals surface area contributed by atoms with Gasteiger partial charge in [-0.15, -0.1) is 0 Å². The van der Waals surface area contributed by atoms with Gasteiger partial charge in [-0.2, -0.15) is 0 Å². The van der Waals surface area contributed by atoms with Gasteiger partial charge >= 0.3 is 5.69 Å². The number of nitro groups is 1. The standard InChI is InChI=1S/C23H21N5O5/c1-33-21-10-13(4-7-20(21)28(31)32)12-2-5-15-18(8-12)26-17-6-3-14(16(11-24)22(25)29)9-19(17)27-23(15)30/h2-10,16,26H,11,24H2,1H3,(H2,25,29)(H,27,30). The third kappa shape index (κ3) is 4.06. The van der Waals surface area contributed by atoms with Gasteiger partial charge in [0.1, 0.15) is 0 Å². The number of ether oxygens (including phenoxy) is 1. The Balaban J connectivity index is 1.73. The Kier molecular flexibility index (Phi) is 5.67. The number of nitrogens with two attached hydrogens (primary N) is 2. The molecule has 0 radical (unpaired) electrons. The van der Waals surface area contributed by atoms with E-state index in [0.29, 0.717) is 33.8 Å². The van der Waals surface area contributed by atoms with Crippen LogP contribution in [-0.2, 0) is 4.79 Å². The molecular formula is C23H21N5O5. The summed E-state index contributed by atoms with van der Waals surface area (Å²) in [5.41, 5.74) is 15.1. The number of nitro benzene ring substituents is 1. The Morgan fingerprint density at radius 2 is 1.76 bits per heavy atom. The smallest absolute Gasteiger partial charge is 0.310 e. The van der Waals surface area contributed by atoms with Crippen molar-refractivity contribution < 1.29 is 19.2 Å². The van der Waals surface area contributed by atoms with Crippen molar-refractivity contribution in [2.24, 2.45) is 11.5 Å². The van der Waals surface area contributed by atoms with Crippen molar-refractivity contribution in [1.29, 1.82) is 0 Å². The first-order chi connectivity index (χ1) is 15.8. The molecule has 168 valence electrons. The highest BCUT2D eigenvalue weighted by Gasteiger charge is 2.23. The first kappa shape index (κ1) is 21.8. The first-order valence-corrected chi connectivity index (χ1v) is 10.0. The number of carbonyl (C=O) groups is 2. The van der Waals surface area contributed by atoms with E-state index in [1.807, 2.05) is 0 Å². The fourth-order valence-corrected chi connectivity index (χ4v) is 3.78. The van der Waals surface area contributed by atoms with Gasteiger partial charge in [0.15, 0.2) is 5.75 Å². The first-order valence-electron chi connectivity index (χ1n) is 10.0. The summed E-state index contributed by atoms with van der Waals surface area (Å²) in [7, 11) is 1.37. The van der Waals surface area contributed by atoms with Crippen molar-refractivity contribution in [3.8, 4) is 16.9 Å². The quantitative estimate of drug-likeness (QED) is 0.333. The molecule has 33 heavy (non-hydrogen) atoms. The molecule has 0 aliphatic carbocycles. The van der Waals surface area contributed by atoms with Crippen molar-refractivity contribution >= 4 is 34.6 Å². The minimum Gasteiger partial charge on any atom is -0.490 e. The number of nitrogens with one attached hydrogen (secondary N) is 2. The lowest BCUT2D eigenvalue weighted by Gasteiger charge is -2.15. The van der Waals surface area contributed by atoms with Crippen molar-refractivity contribution in [1.82, 2.24) is 0 Å². The molecule has 0 saturated carbocycles. The minimum atomic E-state index is -0.665. The molecule has 3 aromatic rings. The predicted octanol–water partition coefficient (Wildman–Crippen LogP) is 3.11. The number of carbonyl (C=O) groups excluding carboxylic acids is 2. The molecule has 1 aliphatic heterocycles. The molecule has 1 heterocycles. The molecule has 0 fully saturated rings. The molecule has 4 rings (SSSR count). The van der Waals surface area contributed by atoms with Gasteiger partial charge in [-0.05, 0) is 53.1 Å². The SMILES string of the molecule is COc1cc(-c2ccc3c(c2)Nc2ccc(C(CN)C(N)=O)cc2NC3=O)ccc1[N+](=O)[O-]. The molecule has 1 aliphatic rings. The van der Waals surface area contributed by atoms with Gasteiger partial charge in [-0.1, -0.05) is 12.1 Å². The normalized spacial score (nSPS) is 13.0. The maximum atomic E-state index is 12.9. The van der Waals surface area contributed by atoms with E-state index >= 15 is 0 Å². The van der Waals surface area contributed by atoms with E-state index in [1.165, 1.54) is 13.2 Å². The van der Waals surface area contributed by atoms with Gasteiger partial charge in [0.2, 0.25) is 5.91 Å². The van der Waals surface area contributed by atoms with Crippen molar-refractivity contribution in [3.63, 3.8) is 0 Å². The molecule has 6 N–H and O–H groups in total. The molecule has 3 aromatic carbocycles. The van der Waals surface area contributed by atoms with Crippen LogP contribution in [0.2, 0.25) is 0 Å². The van der Waals surface area contributed by atoms with Crippen LogP contribution in [0.3, 0.4) is 0 Å². The summed E-state index contributed by atoms with van der Waals surface area (Å²) in [5.74, 6) is -1.40. The Morgan fingerprint density at radius 3 is 2.42 bits per heavy atom. The fraction of sp³-hybridized carbons (Fsp3) is 0.130. The Bertz CT molecular complexity index is 1290. The van der Waals surface area contributed by atoms with Gasteiger partial charge in [-0.25, -0.2) is 0 Å². The molecule has 1 unspecified atom stereocenters. The highest BCUT2D eigenvalue weighted by atomic mass is 16.6. The van der Waals surface area contributed by atoms with Gasteiger partial charge in [-0.3, -0.25) is 19.7 Å². The molecule has 10 nitrogen and oxygen atoms in total. The lowest BCUT2D eigenvalue weighted by atomic mass is 9.97. The lowest BCUT2D eigenvalue weighted by molar-refractivity contribution is -0.385. The summed E-state index contributed by atoms with van der Waals surface area (Å²) >= 11 is 0. The Hall–Kier alpha value is -4.44. The largest absolute Gasteiger partial charge is 0.490 e. The van der Waals surface area contributed by atoms with E-state index in [4.69, 9.17) is 16.2 Å². The fourth-order valence-electron chi connectivity index (χ4n) is 3.78. The van der Waals surface area contributed by atoms with E-state index in [9.17, 15) is 19.7 Å². The second-order valence-corrected chi connectivity index (χ2v) is 7.48. The molecule has 1 atom stereocenters. The average Bonchev–Trinajstić information content (AvgIpc) is 2.93. The van der Waals surface area contributed by atoms with Crippen LogP contribution in [0, 0.1) is 10.1 Å². The van der Waals surface area contributed by atoms with Gasteiger partial charge < -0.3 is 26.8 Å². The summed E-state index contributed by atoms with van der Waals surface area (Å²) in [6.07, 6.45) is 0. The second-order valence-electron chi connectivity index (χ2n) is 7.48. The zero-order chi connectivity index (χ0) is 23.7. The number of hydrogen-bond acceptors (Lipinski definition) is 7. The third-order valence-electron chi connectivity index (χ3n) is 5.52. The summed E-state index contributed by atoms with van der Waals surface area (Å²) in [6, 6.07) is 14.9. The lowest BCUT2D eigenvalue weighted by Crippen LogP contribution is -2.27. The Morgan fingerprint density at radius 1 is 1.03 bits per heavy atom. The van der Waals surface area contributed by atoms with Crippen molar-refractivity contribution in [2.75, 3.05) is 24.3 Å². The summed E-state index contributed by atoms with van der Waals surface area (Å²) in [6.45, 7) is 0.0534. The zero-order valence-electron chi connectivity index (χ0n) is 17.6. The van der Waals surface area contributed by atoms with E-state index < -0.39 is 16.7 Å². The van der Waals surface area contributed by atoms with Crippen LogP contribution in [0.4, 0.5) is 22.7 Å². The van der Waals surface area contributed by atoms with E-state index in [0.717, 1.165) is 5.56 Å². The van der Waals surface area contributed by atoms with E-state index in [-0.39, 0.29) is 23.9 Å². The van der Waals surface area contributed by atoms with Crippen molar-refractivity contribution in [2.45, 2.75) is 5.92 Å². The van der Waals surface area contributed by atoms with Crippen LogP contribution in [0.1, 0.15) is 21.8 Å². The average molecular weight is 447 g/mol. The molecule has 0 aromatic heterocycles. The monoisotopic (exact) mass is 447 g/mol. The summed E-state index contributed by atoms with van der Waals surface area (Å²) in [5, 5.41) is 17.3. The van der Waals surface area contributed by atoms with Crippen LogP contribution >= 0.6 is 0 Å². The number of anilines is 3. The van der Waals surface area contributed by atoms with Crippen LogP contribution < -0.4 is 26.8 Å². The van der Waals surface area contributed by atoms with Crippen LogP contribution in [-0.4, -0.2) is 30.4 Å². The van der Waals surface area contributed by atoms with Crippen LogP contribution in [0.25, 0.3) is 11.1 Å². The number of rotatable bonds is 6. The van der Waals surface area contributed by atoms with Gasteiger partial charge in [0.05, 0.1) is 40.6 Å². The van der Waals surface area contributed by atoms with Crippen molar-refractivity contribution in [3.05, 3.63) is 75.8 Å². The van der Waals surface area contributed by atoms with E-state index in [2.05, 4.69) is 10.6 Å². The summed E-state index contributed by atoms with van der Waals surface area (Å²) < 4.78 is 5.16. The number of benzene rings is 3. The van der Waals surface area contributed by atoms with Crippen LogP contribution in [0.5, 0.6) is 5.75 Å². The van der Waals surface area contributed by atoms with Gasteiger partial charge in [0, 0.05) is 12.6 Å². The number of methoxy groups -OCH3 is 1. The highest BCUT2D eigenvalue weighted by molar-refractivity contribution is 6.12. The topological polar surface area (TPSA) is 163 Å². The van der Waals surface area contributed by atoms with E-state index in [1.54, 1.807) is 48.5 Å². The number of hydrogen-bond donors (Lipinski definition) is 4. The maximum Gasteiger partial charge on any atom is 0.310 e. The molecular weight excluding hydrogens is 426 g/mol. The molecule has 0 bridgehead atoms.